The Balaban J connectivity index is 2.11. The highest BCUT2D eigenvalue weighted by molar-refractivity contribution is 5.39. The van der Waals surface area contributed by atoms with Crippen molar-refractivity contribution in [1.29, 1.82) is 0 Å². The highest BCUT2D eigenvalue weighted by Gasteiger charge is 2.41. The van der Waals surface area contributed by atoms with Crippen LogP contribution in [0.25, 0.3) is 5.65 Å². The average molecular weight is 217 g/mol. The Morgan fingerprint density at radius 3 is 2.88 bits per heavy atom. The van der Waals surface area contributed by atoms with Crippen molar-refractivity contribution < 1.29 is 5.11 Å². The maximum absolute atomic E-state index is 9.48. The lowest BCUT2D eigenvalue weighted by molar-refractivity contribution is 0.112. The molecule has 0 atom stereocenters. The number of aryl methyl sites for hydroxylation is 1. The molecule has 0 bridgehead atoms. The maximum Gasteiger partial charge on any atom is 0.160 e. The summed E-state index contributed by atoms with van der Waals surface area (Å²) in [7, 11) is 0. The fourth-order valence-electron chi connectivity index (χ4n) is 2.27. The van der Waals surface area contributed by atoms with Crippen molar-refractivity contribution >= 4 is 5.65 Å². The third-order valence-electron chi connectivity index (χ3n) is 3.57. The minimum atomic E-state index is -0.167. The molecule has 1 aliphatic carbocycles. The van der Waals surface area contributed by atoms with E-state index in [2.05, 4.69) is 10.1 Å². The molecule has 1 N–H and O–H groups in total. The van der Waals surface area contributed by atoms with Crippen LogP contribution >= 0.6 is 0 Å². The SMILES string of the molecule is Cc1ccc2nc(C3(CO)CCC3)nn2c1. The minimum Gasteiger partial charge on any atom is -0.395 e. The number of aliphatic hydroxyl groups is 1. The second-order valence-corrected chi connectivity index (χ2v) is 4.74. The van der Waals surface area contributed by atoms with Gasteiger partial charge in [-0.3, -0.25) is 0 Å². The molecule has 0 saturated heterocycles. The summed E-state index contributed by atoms with van der Waals surface area (Å²) in [5, 5.41) is 14.0. The van der Waals surface area contributed by atoms with Crippen molar-refractivity contribution in [2.75, 3.05) is 6.61 Å². The van der Waals surface area contributed by atoms with Crippen LogP contribution in [0.4, 0.5) is 0 Å². The Kier molecular flexibility index (Phi) is 2.01. The monoisotopic (exact) mass is 217 g/mol. The summed E-state index contributed by atoms with van der Waals surface area (Å²) >= 11 is 0. The summed E-state index contributed by atoms with van der Waals surface area (Å²) < 4.78 is 1.81. The van der Waals surface area contributed by atoms with Gasteiger partial charge in [0.15, 0.2) is 11.5 Å². The molecule has 84 valence electrons. The van der Waals surface area contributed by atoms with E-state index in [1.54, 1.807) is 4.52 Å². The fourth-order valence-corrected chi connectivity index (χ4v) is 2.27. The molecular weight excluding hydrogens is 202 g/mol. The largest absolute Gasteiger partial charge is 0.395 e. The number of hydrogen-bond donors (Lipinski definition) is 1. The van der Waals surface area contributed by atoms with Gasteiger partial charge in [0.2, 0.25) is 0 Å². The van der Waals surface area contributed by atoms with E-state index in [4.69, 9.17) is 0 Å². The molecule has 2 aromatic heterocycles. The van der Waals surface area contributed by atoms with Gasteiger partial charge in [0.25, 0.3) is 0 Å². The predicted molar refractivity (Wildman–Crippen MR) is 60.3 cm³/mol. The molecule has 0 radical (unpaired) electrons. The number of fused-ring (bicyclic) bond motifs is 1. The van der Waals surface area contributed by atoms with Crippen LogP contribution in [0, 0.1) is 6.92 Å². The normalized spacial score (nSPS) is 18.6. The van der Waals surface area contributed by atoms with Gasteiger partial charge >= 0.3 is 0 Å². The molecule has 0 aromatic carbocycles. The van der Waals surface area contributed by atoms with Gasteiger partial charge in [0.05, 0.1) is 12.0 Å². The molecule has 2 heterocycles. The zero-order chi connectivity index (χ0) is 11.2. The van der Waals surface area contributed by atoms with Crippen molar-refractivity contribution in [3.05, 3.63) is 29.7 Å². The van der Waals surface area contributed by atoms with Crippen LogP contribution in [0.15, 0.2) is 18.3 Å². The quantitative estimate of drug-likeness (QED) is 0.828. The van der Waals surface area contributed by atoms with Gasteiger partial charge in [-0.25, -0.2) is 9.50 Å². The lowest BCUT2D eigenvalue weighted by Gasteiger charge is -2.37. The molecular formula is C12H15N3O. The molecule has 16 heavy (non-hydrogen) atoms. The van der Waals surface area contributed by atoms with E-state index in [-0.39, 0.29) is 12.0 Å². The molecule has 0 spiro atoms. The molecule has 1 aliphatic rings. The summed E-state index contributed by atoms with van der Waals surface area (Å²) in [6.07, 6.45) is 5.13. The summed E-state index contributed by atoms with van der Waals surface area (Å²) in [6.45, 7) is 2.19. The lowest BCUT2D eigenvalue weighted by atomic mass is 9.69. The molecule has 2 aromatic rings. The van der Waals surface area contributed by atoms with E-state index in [1.165, 1.54) is 0 Å². The van der Waals surface area contributed by atoms with Crippen LogP contribution < -0.4 is 0 Å². The van der Waals surface area contributed by atoms with E-state index in [0.29, 0.717) is 0 Å². The Morgan fingerprint density at radius 1 is 1.44 bits per heavy atom. The fraction of sp³-hybridized carbons (Fsp3) is 0.500. The molecule has 0 aliphatic heterocycles. The van der Waals surface area contributed by atoms with Gasteiger partial charge < -0.3 is 5.11 Å². The molecule has 4 nitrogen and oxygen atoms in total. The highest BCUT2D eigenvalue weighted by Crippen LogP contribution is 2.41. The van der Waals surface area contributed by atoms with Crippen molar-refractivity contribution in [2.45, 2.75) is 31.6 Å². The number of pyridine rings is 1. The molecule has 1 saturated carbocycles. The summed E-state index contributed by atoms with van der Waals surface area (Å²) in [5.41, 5.74) is 1.86. The summed E-state index contributed by atoms with van der Waals surface area (Å²) in [6, 6.07) is 4.00. The summed E-state index contributed by atoms with van der Waals surface area (Å²) in [4.78, 5) is 4.51. The highest BCUT2D eigenvalue weighted by atomic mass is 16.3. The van der Waals surface area contributed by atoms with Gasteiger partial charge in [-0.05, 0) is 31.4 Å². The zero-order valence-electron chi connectivity index (χ0n) is 9.35. The van der Waals surface area contributed by atoms with E-state index in [9.17, 15) is 5.11 Å². The average Bonchev–Trinajstić information content (AvgIpc) is 2.60. The van der Waals surface area contributed by atoms with E-state index in [1.807, 2.05) is 25.3 Å². The summed E-state index contributed by atoms with van der Waals surface area (Å²) in [5.74, 6) is 0.798. The van der Waals surface area contributed by atoms with Crippen molar-refractivity contribution in [1.82, 2.24) is 14.6 Å². The number of rotatable bonds is 2. The first-order valence-electron chi connectivity index (χ1n) is 5.68. The second kappa shape index (κ2) is 3.28. The third kappa shape index (κ3) is 1.26. The van der Waals surface area contributed by atoms with Crippen LogP contribution in [0.2, 0.25) is 0 Å². The first-order valence-corrected chi connectivity index (χ1v) is 5.68. The minimum absolute atomic E-state index is 0.156. The van der Waals surface area contributed by atoms with Crippen molar-refractivity contribution in [3.63, 3.8) is 0 Å². The molecule has 0 amide bonds. The van der Waals surface area contributed by atoms with Gasteiger partial charge in [-0.2, -0.15) is 5.10 Å². The molecule has 3 rings (SSSR count). The van der Waals surface area contributed by atoms with Crippen LogP contribution in [-0.2, 0) is 5.41 Å². The third-order valence-corrected chi connectivity index (χ3v) is 3.57. The van der Waals surface area contributed by atoms with Gasteiger partial charge in [-0.15, -0.1) is 0 Å². The Morgan fingerprint density at radius 2 is 2.25 bits per heavy atom. The number of nitrogens with zero attached hydrogens (tertiary/aromatic N) is 3. The topological polar surface area (TPSA) is 50.4 Å². The van der Waals surface area contributed by atoms with Gasteiger partial charge in [-0.1, -0.05) is 12.5 Å². The molecule has 1 fully saturated rings. The van der Waals surface area contributed by atoms with E-state index < -0.39 is 0 Å². The zero-order valence-corrected chi connectivity index (χ0v) is 9.35. The molecule has 4 heteroatoms. The molecule has 0 unspecified atom stereocenters. The second-order valence-electron chi connectivity index (χ2n) is 4.74. The smallest absolute Gasteiger partial charge is 0.160 e. The standard InChI is InChI=1S/C12H15N3O/c1-9-3-4-10-13-11(14-15(10)7-9)12(8-16)5-2-6-12/h3-4,7,16H,2,5-6,8H2,1H3. The lowest BCUT2D eigenvalue weighted by Crippen LogP contribution is -2.39. The van der Waals surface area contributed by atoms with Crippen LogP contribution in [-0.4, -0.2) is 26.3 Å². The van der Waals surface area contributed by atoms with Gasteiger partial charge in [0.1, 0.15) is 0 Å². The Hall–Kier alpha value is -1.42. The first-order chi connectivity index (χ1) is 7.73. The van der Waals surface area contributed by atoms with Crippen LogP contribution in [0.5, 0.6) is 0 Å². The van der Waals surface area contributed by atoms with Crippen molar-refractivity contribution in [2.24, 2.45) is 0 Å². The van der Waals surface area contributed by atoms with Crippen LogP contribution in [0.3, 0.4) is 0 Å². The number of aromatic nitrogens is 3. The number of hydrogen-bond acceptors (Lipinski definition) is 3. The van der Waals surface area contributed by atoms with E-state index in [0.717, 1.165) is 36.3 Å². The Bertz CT molecular complexity index is 523. The first kappa shape index (κ1) is 9.78. The maximum atomic E-state index is 9.48. The number of aliphatic hydroxyl groups excluding tert-OH is 1. The predicted octanol–water partition coefficient (Wildman–Crippen LogP) is 1.45. The van der Waals surface area contributed by atoms with Crippen LogP contribution in [0.1, 0.15) is 30.7 Å². The van der Waals surface area contributed by atoms with Crippen molar-refractivity contribution in [3.8, 4) is 0 Å². The van der Waals surface area contributed by atoms with E-state index >= 15 is 0 Å². The van der Waals surface area contributed by atoms with Gasteiger partial charge in [0, 0.05) is 6.20 Å². The Labute approximate surface area is 93.9 Å².